The van der Waals surface area contributed by atoms with Crippen LogP contribution in [0.5, 0.6) is 0 Å². The summed E-state index contributed by atoms with van der Waals surface area (Å²) >= 11 is 13.2. The summed E-state index contributed by atoms with van der Waals surface area (Å²) in [5.74, 6) is 0.519. The number of rotatable bonds is 5. The van der Waals surface area contributed by atoms with Crippen LogP contribution in [-0.2, 0) is 0 Å². The zero-order valence-electron chi connectivity index (χ0n) is 12.6. The molecule has 4 nitrogen and oxygen atoms in total. The molecular formula is C17H12Cl2N2O2S. The van der Waals surface area contributed by atoms with Crippen molar-refractivity contribution in [3.63, 3.8) is 0 Å². The molecule has 0 unspecified atom stereocenters. The number of hydrogen-bond acceptors (Lipinski definition) is 5. The average Bonchev–Trinajstić information content (AvgIpc) is 3.02. The molecule has 0 radical (unpaired) electrons. The first-order chi connectivity index (χ1) is 11.5. The molecule has 3 rings (SSSR count). The summed E-state index contributed by atoms with van der Waals surface area (Å²) in [6.07, 6.45) is 0. The van der Waals surface area contributed by atoms with Gasteiger partial charge in [0.2, 0.25) is 5.89 Å². The molecule has 1 heterocycles. The number of nitrogens with zero attached hydrogens (tertiary/aromatic N) is 2. The Kier molecular flexibility index (Phi) is 5.23. The molecule has 0 N–H and O–H groups in total. The van der Waals surface area contributed by atoms with Crippen LogP contribution in [0.3, 0.4) is 0 Å². The Balaban J connectivity index is 1.68. The highest BCUT2D eigenvalue weighted by Gasteiger charge is 2.14. The predicted molar refractivity (Wildman–Crippen MR) is 96.0 cm³/mol. The van der Waals surface area contributed by atoms with Crippen LogP contribution < -0.4 is 0 Å². The van der Waals surface area contributed by atoms with E-state index < -0.39 is 0 Å². The third-order valence-electron chi connectivity index (χ3n) is 3.27. The van der Waals surface area contributed by atoms with E-state index in [0.29, 0.717) is 32.3 Å². The summed E-state index contributed by atoms with van der Waals surface area (Å²) in [7, 11) is 0. The lowest BCUT2D eigenvalue weighted by atomic mass is 10.1. The fourth-order valence-electron chi connectivity index (χ4n) is 1.99. The Morgan fingerprint density at radius 3 is 2.58 bits per heavy atom. The second kappa shape index (κ2) is 7.38. The number of carbonyl (C=O) groups excluding carboxylic acids is 1. The molecular weight excluding hydrogens is 367 g/mol. The molecule has 0 amide bonds. The Labute approximate surface area is 153 Å². The van der Waals surface area contributed by atoms with E-state index in [-0.39, 0.29) is 11.5 Å². The molecule has 0 aliphatic carbocycles. The zero-order valence-corrected chi connectivity index (χ0v) is 15.0. The van der Waals surface area contributed by atoms with E-state index in [1.165, 1.54) is 11.8 Å². The van der Waals surface area contributed by atoms with Gasteiger partial charge in [-0.05, 0) is 25.1 Å². The minimum Gasteiger partial charge on any atom is -0.411 e. The Bertz CT molecular complexity index is 879. The van der Waals surface area contributed by atoms with E-state index >= 15 is 0 Å². The lowest BCUT2D eigenvalue weighted by Crippen LogP contribution is -2.02. The average molecular weight is 379 g/mol. The van der Waals surface area contributed by atoms with Crippen molar-refractivity contribution in [3.05, 3.63) is 63.6 Å². The molecule has 0 fully saturated rings. The minimum absolute atomic E-state index is 0.00396. The molecule has 0 aliphatic rings. The van der Waals surface area contributed by atoms with Crippen LogP contribution in [0.4, 0.5) is 0 Å². The summed E-state index contributed by atoms with van der Waals surface area (Å²) in [5, 5.41) is 9.18. The van der Waals surface area contributed by atoms with Gasteiger partial charge < -0.3 is 4.42 Å². The van der Waals surface area contributed by atoms with Gasteiger partial charge in [0.15, 0.2) is 5.78 Å². The maximum Gasteiger partial charge on any atom is 0.277 e. The normalized spacial score (nSPS) is 10.8. The predicted octanol–water partition coefficient (Wildman–Crippen LogP) is 5.33. The van der Waals surface area contributed by atoms with E-state index in [4.69, 9.17) is 27.6 Å². The molecule has 2 aromatic carbocycles. The fraction of sp³-hybridized carbons (Fsp3) is 0.118. The van der Waals surface area contributed by atoms with Gasteiger partial charge in [-0.15, -0.1) is 10.2 Å². The second-order valence-corrected chi connectivity index (χ2v) is 6.85. The third kappa shape index (κ3) is 3.98. The molecule has 0 atom stereocenters. The van der Waals surface area contributed by atoms with Gasteiger partial charge in [-0.2, -0.15) is 0 Å². The lowest BCUT2D eigenvalue weighted by molar-refractivity contribution is 0.102. The van der Waals surface area contributed by atoms with Gasteiger partial charge in [0.25, 0.3) is 5.22 Å². The van der Waals surface area contributed by atoms with Crippen molar-refractivity contribution in [2.24, 2.45) is 0 Å². The van der Waals surface area contributed by atoms with Gasteiger partial charge in [-0.1, -0.05) is 64.8 Å². The molecule has 0 saturated heterocycles. The van der Waals surface area contributed by atoms with Crippen molar-refractivity contribution in [2.75, 3.05) is 5.75 Å². The van der Waals surface area contributed by atoms with Crippen LogP contribution in [-0.4, -0.2) is 21.7 Å². The molecule has 122 valence electrons. The highest BCUT2D eigenvalue weighted by atomic mass is 35.5. The zero-order chi connectivity index (χ0) is 17.1. The van der Waals surface area contributed by atoms with Gasteiger partial charge in [-0.25, -0.2) is 0 Å². The minimum atomic E-state index is 0.00396. The van der Waals surface area contributed by atoms with E-state index in [9.17, 15) is 4.79 Å². The lowest BCUT2D eigenvalue weighted by Gasteiger charge is -2.00. The Morgan fingerprint density at radius 1 is 1.12 bits per heavy atom. The number of benzene rings is 2. The van der Waals surface area contributed by atoms with Gasteiger partial charge in [0.1, 0.15) is 0 Å². The second-order valence-electron chi connectivity index (χ2n) is 5.08. The molecule has 0 saturated carbocycles. The first-order valence-electron chi connectivity index (χ1n) is 7.04. The highest BCUT2D eigenvalue weighted by molar-refractivity contribution is 7.99. The smallest absolute Gasteiger partial charge is 0.277 e. The van der Waals surface area contributed by atoms with Gasteiger partial charge in [0, 0.05) is 10.6 Å². The van der Waals surface area contributed by atoms with E-state index in [0.717, 1.165) is 5.56 Å². The van der Waals surface area contributed by atoms with Crippen LogP contribution >= 0.6 is 35.0 Å². The van der Waals surface area contributed by atoms with Crippen molar-refractivity contribution in [1.82, 2.24) is 10.2 Å². The van der Waals surface area contributed by atoms with Crippen LogP contribution in [0.1, 0.15) is 15.9 Å². The molecule has 24 heavy (non-hydrogen) atoms. The van der Waals surface area contributed by atoms with Crippen LogP contribution in [0.25, 0.3) is 11.5 Å². The van der Waals surface area contributed by atoms with Gasteiger partial charge in [0.05, 0.1) is 16.3 Å². The molecule has 0 spiro atoms. The number of thioether (sulfide) groups is 1. The summed E-state index contributed by atoms with van der Waals surface area (Å²) in [5.41, 5.74) is 2.37. The van der Waals surface area contributed by atoms with Crippen molar-refractivity contribution in [1.29, 1.82) is 0 Å². The number of Topliss-reactive ketones (excluding diaryl/α,β-unsaturated/α-hetero) is 1. The maximum absolute atomic E-state index is 12.2. The molecule has 7 heteroatoms. The maximum atomic E-state index is 12.2. The standard InChI is InChI=1S/C17H12Cl2N2O2S/c1-10-2-4-11(5-3-10)15(22)9-24-17-21-20-16(23-17)13-7-6-12(18)8-14(13)19/h2-8H,9H2,1H3. The van der Waals surface area contributed by atoms with Crippen molar-refractivity contribution in [3.8, 4) is 11.5 Å². The van der Waals surface area contributed by atoms with E-state index in [2.05, 4.69) is 10.2 Å². The van der Waals surface area contributed by atoms with Gasteiger partial charge >= 0.3 is 0 Å². The number of ketones is 1. The quantitative estimate of drug-likeness (QED) is 0.443. The van der Waals surface area contributed by atoms with E-state index in [1.54, 1.807) is 18.2 Å². The van der Waals surface area contributed by atoms with E-state index in [1.807, 2.05) is 31.2 Å². The number of hydrogen-bond donors (Lipinski definition) is 0. The highest BCUT2D eigenvalue weighted by Crippen LogP contribution is 2.31. The number of halogens is 2. The van der Waals surface area contributed by atoms with Gasteiger partial charge in [-0.3, -0.25) is 4.79 Å². The summed E-state index contributed by atoms with van der Waals surface area (Å²) in [6, 6.07) is 12.5. The van der Waals surface area contributed by atoms with Crippen molar-refractivity contribution < 1.29 is 9.21 Å². The molecule has 0 aliphatic heterocycles. The topological polar surface area (TPSA) is 56.0 Å². The third-order valence-corrected chi connectivity index (χ3v) is 4.63. The number of carbonyl (C=O) groups is 1. The van der Waals surface area contributed by atoms with Crippen LogP contribution in [0.15, 0.2) is 52.1 Å². The SMILES string of the molecule is Cc1ccc(C(=O)CSc2nnc(-c3ccc(Cl)cc3Cl)o2)cc1. The molecule has 1 aromatic heterocycles. The first kappa shape index (κ1) is 17.0. The molecule has 3 aromatic rings. The summed E-state index contributed by atoms with van der Waals surface area (Å²) in [4.78, 5) is 12.2. The molecule has 0 bridgehead atoms. The van der Waals surface area contributed by atoms with Crippen molar-refractivity contribution >= 4 is 40.7 Å². The number of aromatic nitrogens is 2. The summed E-state index contributed by atoms with van der Waals surface area (Å²) in [6.45, 7) is 1.98. The Hall–Kier alpha value is -1.82. The Morgan fingerprint density at radius 2 is 1.88 bits per heavy atom. The number of aryl methyl sites for hydroxylation is 1. The monoisotopic (exact) mass is 378 g/mol. The van der Waals surface area contributed by atoms with Crippen LogP contribution in [0, 0.1) is 6.92 Å². The first-order valence-corrected chi connectivity index (χ1v) is 8.78. The summed E-state index contributed by atoms with van der Waals surface area (Å²) < 4.78 is 5.56. The van der Waals surface area contributed by atoms with Crippen molar-refractivity contribution in [2.45, 2.75) is 12.1 Å². The van der Waals surface area contributed by atoms with Crippen LogP contribution in [0.2, 0.25) is 10.0 Å². The largest absolute Gasteiger partial charge is 0.411 e. The fourth-order valence-corrected chi connectivity index (χ4v) is 3.14.